The van der Waals surface area contributed by atoms with Gasteiger partial charge in [-0.15, -0.1) is 0 Å². The molecule has 1 aromatic rings. The van der Waals surface area contributed by atoms with Crippen LogP contribution in [0.3, 0.4) is 0 Å². The van der Waals surface area contributed by atoms with Crippen molar-refractivity contribution in [1.29, 1.82) is 0 Å². The maximum atomic E-state index is 11.9. The van der Waals surface area contributed by atoms with Crippen LogP contribution in [-0.2, 0) is 24.7 Å². The zero-order valence-corrected chi connectivity index (χ0v) is 12.8. The number of carbonyl (C=O) groups excluding carboxylic acids is 1. The number of hydrogen-bond acceptors (Lipinski definition) is 6. The van der Waals surface area contributed by atoms with E-state index in [1.807, 2.05) is 4.72 Å². The number of hydrogen-bond donors (Lipinski definition) is 2. The smallest absolute Gasteiger partial charge is 0.264 e. The van der Waals surface area contributed by atoms with Gasteiger partial charge in [0.2, 0.25) is 5.91 Å². The minimum Gasteiger partial charge on any atom is -0.311 e. The van der Waals surface area contributed by atoms with Crippen LogP contribution in [0, 0.1) is 0 Å². The molecule has 1 saturated heterocycles. The summed E-state index contributed by atoms with van der Waals surface area (Å²) in [5.41, 5.74) is 0. The highest BCUT2D eigenvalue weighted by molar-refractivity contribution is 7.91. The van der Waals surface area contributed by atoms with Crippen LogP contribution >= 0.6 is 0 Å². The van der Waals surface area contributed by atoms with Gasteiger partial charge >= 0.3 is 0 Å². The predicted molar refractivity (Wildman–Crippen MR) is 76.8 cm³/mol. The molecule has 0 bridgehead atoms. The van der Waals surface area contributed by atoms with Crippen molar-refractivity contribution < 1.29 is 21.6 Å². The third kappa shape index (κ3) is 4.51. The number of carbonyl (C=O) groups is 1. The molecule has 1 aliphatic rings. The second kappa shape index (κ2) is 6.12. The van der Waals surface area contributed by atoms with E-state index in [4.69, 9.17) is 0 Å². The monoisotopic (exact) mass is 332 g/mol. The molecule has 2 rings (SSSR count). The molecular weight excluding hydrogens is 316 g/mol. The number of amides is 1. The van der Waals surface area contributed by atoms with Gasteiger partial charge in [0.25, 0.3) is 10.0 Å². The normalized spacial score (nSPS) is 21.6. The molecule has 1 atom stereocenters. The summed E-state index contributed by atoms with van der Waals surface area (Å²) in [7, 11) is -7.08. The van der Waals surface area contributed by atoms with Crippen LogP contribution < -0.4 is 10.0 Å². The number of sulfone groups is 1. The van der Waals surface area contributed by atoms with E-state index in [9.17, 15) is 21.6 Å². The summed E-state index contributed by atoms with van der Waals surface area (Å²) in [6.45, 7) is 0.270. The zero-order valence-electron chi connectivity index (χ0n) is 11.2. The van der Waals surface area contributed by atoms with Crippen molar-refractivity contribution in [2.24, 2.45) is 0 Å². The largest absolute Gasteiger partial charge is 0.311 e. The second-order valence-electron chi connectivity index (χ2n) is 4.81. The van der Waals surface area contributed by atoms with Crippen LogP contribution in [0.15, 0.2) is 35.2 Å². The van der Waals surface area contributed by atoms with Crippen molar-refractivity contribution >= 4 is 25.8 Å². The molecule has 21 heavy (non-hydrogen) atoms. The van der Waals surface area contributed by atoms with Crippen molar-refractivity contribution in [2.75, 3.05) is 18.1 Å². The van der Waals surface area contributed by atoms with E-state index in [-0.39, 0.29) is 29.4 Å². The summed E-state index contributed by atoms with van der Waals surface area (Å²) in [6.07, 6.45) is -0.203. The molecule has 0 aliphatic carbocycles. The van der Waals surface area contributed by atoms with Crippen molar-refractivity contribution in [3.8, 4) is 0 Å². The predicted octanol–water partition coefficient (Wildman–Crippen LogP) is -0.732. The molecule has 1 aromatic carbocycles. The molecule has 1 amide bonds. The summed E-state index contributed by atoms with van der Waals surface area (Å²) in [6, 6.07) is 6.95. The highest BCUT2D eigenvalue weighted by Crippen LogP contribution is 2.09. The molecule has 116 valence electrons. The Kier molecular flexibility index (Phi) is 4.64. The minimum absolute atomic E-state index is 0.0115. The van der Waals surface area contributed by atoms with Gasteiger partial charge in [-0.25, -0.2) is 21.6 Å². The topological polar surface area (TPSA) is 109 Å². The highest BCUT2D eigenvalue weighted by atomic mass is 32.2. The van der Waals surface area contributed by atoms with Crippen LogP contribution in [0.25, 0.3) is 0 Å². The van der Waals surface area contributed by atoms with Gasteiger partial charge in [0, 0.05) is 19.0 Å². The molecule has 1 unspecified atom stereocenters. The maximum absolute atomic E-state index is 11.9. The second-order valence-corrected chi connectivity index (χ2v) is 8.72. The summed E-state index contributed by atoms with van der Waals surface area (Å²) >= 11 is 0. The first-order chi connectivity index (χ1) is 9.78. The van der Waals surface area contributed by atoms with Gasteiger partial charge in [0.05, 0.1) is 16.4 Å². The molecule has 0 radical (unpaired) electrons. The highest BCUT2D eigenvalue weighted by Gasteiger charge is 2.27. The Hall–Kier alpha value is -1.45. The number of rotatable bonds is 4. The minimum atomic E-state index is -3.92. The van der Waals surface area contributed by atoms with Gasteiger partial charge in [-0.3, -0.25) is 4.79 Å². The fourth-order valence-electron chi connectivity index (χ4n) is 2.07. The first-order valence-electron chi connectivity index (χ1n) is 6.33. The number of nitrogens with one attached hydrogen (secondary N) is 2. The van der Waals surface area contributed by atoms with E-state index < -0.39 is 31.8 Å². The molecule has 7 nitrogen and oxygen atoms in total. The fraction of sp³-hybridized carbons (Fsp3) is 0.417. The third-order valence-electron chi connectivity index (χ3n) is 3.03. The standard InChI is InChI=1S/C12H16N2O5S2/c15-12(8-10-9-20(16,17)7-6-13-10)14-21(18,19)11-4-2-1-3-5-11/h1-5,10,13H,6-9H2,(H,14,15). The first-order valence-corrected chi connectivity index (χ1v) is 9.63. The summed E-state index contributed by atoms with van der Waals surface area (Å²) in [5.74, 6) is -0.854. The van der Waals surface area contributed by atoms with E-state index in [0.717, 1.165) is 0 Å². The molecule has 2 N–H and O–H groups in total. The molecule has 0 saturated carbocycles. The van der Waals surface area contributed by atoms with E-state index >= 15 is 0 Å². The molecule has 1 heterocycles. The lowest BCUT2D eigenvalue weighted by molar-refractivity contribution is -0.119. The lowest BCUT2D eigenvalue weighted by atomic mass is 10.2. The van der Waals surface area contributed by atoms with Crippen LogP contribution in [0.2, 0.25) is 0 Å². The van der Waals surface area contributed by atoms with Gasteiger partial charge in [-0.05, 0) is 12.1 Å². The third-order valence-corrected chi connectivity index (χ3v) is 6.16. The average molecular weight is 332 g/mol. The van der Waals surface area contributed by atoms with Crippen LogP contribution in [0.1, 0.15) is 6.42 Å². The van der Waals surface area contributed by atoms with E-state index in [1.54, 1.807) is 18.2 Å². The van der Waals surface area contributed by atoms with Crippen molar-refractivity contribution in [1.82, 2.24) is 10.0 Å². The van der Waals surface area contributed by atoms with E-state index in [2.05, 4.69) is 5.32 Å². The first kappa shape index (κ1) is 15.9. The summed E-state index contributed by atoms with van der Waals surface area (Å²) < 4.78 is 48.7. The molecule has 9 heteroatoms. The van der Waals surface area contributed by atoms with Gasteiger partial charge < -0.3 is 5.32 Å². The number of benzene rings is 1. The zero-order chi connectivity index (χ0) is 15.5. The Morgan fingerprint density at radius 1 is 1.29 bits per heavy atom. The molecule has 1 aliphatic heterocycles. The van der Waals surface area contributed by atoms with Crippen LogP contribution in [0.5, 0.6) is 0 Å². The quantitative estimate of drug-likeness (QED) is 0.752. The van der Waals surface area contributed by atoms with Gasteiger partial charge in [-0.1, -0.05) is 18.2 Å². The molecule has 0 spiro atoms. The van der Waals surface area contributed by atoms with Gasteiger partial charge in [0.15, 0.2) is 9.84 Å². The Balaban J connectivity index is 1.99. The lowest BCUT2D eigenvalue weighted by Crippen LogP contribution is -2.47. The summed E-state index contributed by atoms with van der Waals surface area (Å²) in [4.78, 5) is 11.8. The SMILES string of the molecule is O=C(CC1CS(=O)(=O)CCN1)NS(=O)(=O)c1ccccc1. The lowest BCUT2D eigenvalue weighted by Gasteiger charge is -2.23. The maximum Gasteiger partial charge on any atom is 0.264 e. The Morgan fingerprint density at radius 3 is 2.57 bits per heavy atom. The van der Waals surface area contributed by atoms with Crippen molar-refractivity contribution in [3.05, 3.63) is 30.3 Å². The Labute approximate surface area is 123 Å². The molecule has 0 aromatic heterocycles. The number of sulfonamides is 1. The fourth-order valence-corrected chi connectivity index (χ4v) is 4.53. The molecular formula is C12H16N2O5S2. The van der Waals surface area contributed by atoms with E-state index in [0.29, 0.717) is 0 Å². The van der Waals surface area contributed by atoms with Crippen molar-refractivity contribution in [2.45, 2.75) is 17.4 Å². The Morgan fingerprint density at radius 2 is 1.95 bits per heavy atom. The molecule has 1 fully saturated rings. The van der Waals surface area contributed by atoms with Crippen LogP contribution in [-0.4, -0.2) is 46.8 Å². The van der Waals surface area contributed by atoms with E-state index in [1.165, 1.54) is 12.1 Å². The van der Waals surface area contributed by atoms with Gasteiger partial charge in [0.1, 0.15) is 0 Å². The van der Waals surface area contributed by atoms with Crippen molar-refractivity contribution in [3.63, 3.8) is 0 Å². The van der Waals surface area contributed by atoms with Crippen LogP contribution in [0.4, 0.5) is 0 Å². The summed E-state index contributed by atoms with van der Waals surface area (Å²) in [5, 5.41) is 2.90. The van der Waals surface area contributed by atoms with Gasteiger partial charge in [-0.2, -0.15) is 0 Å². The Bertz CT molecular complexity index is 713. The average Bonchev–Trinajstić information content (AvgIpc) is 2.37.